The van der Waals surface area contributed by atoms with Crippen molar-refractivity contribution in [1.82, 2.24) is 10.2 Å². The predicted octanol–water partition coefficient (Wildman–Crippen LogP) is -0.525. The highest BCUT2D eigenvalue weighted by Crippen LogP contribution is 2.16. The van der Waals surface area contributed by atoms with Crippen molar-refractivity contribution in [3.05, 3.63) is 11.6 Å². The average molecular weight is 193 g/mol. The van der Waals surface area contributed by atoms with Crippen molar-refractivity contribution in [2.45, 2.75) is 18.6 Å². The second-order valence-corrected chi connectivity index (χ2v) is 3.88. The van der Waals surface area contributed by atoms with E-state index in [1.54, 1.807) is 0 Å². The zero-order chi connectivity index (χ0) is 9.97. The van der Waals surface area contributed by atoms with E-state index in [2.05, 4.69) is 16.3 Å². The summed E-state index contributed by atoms with van der Waals surface area (Å²) in [5.41, 5.74) is 0.877. The molecule has 0 saturated carbocycles. The van der Waals surface area contributed by atoms with Gasteiger partial charge in [-0.3, -0.25) is 4.90 Å². The summed E-state index contributed by atoms with van der Waals surface area (Å²) >= 11 is 0. The zero-order valence-corrected chi connectivity index (χ0v) is 8.11. The molecule has 2 aliphatic rings. The van der Waals surface area contributed by atoms with Crippen LogP contribution < -0.4 is 5.32 Å². The van der Waals surface area contributed by atoms with Crippen molar-refractivity contribution in [2.75, 3.05) is 26.2 Å². The van der Waals surface area contributed by atoms with Crippen molar-refractivity contribution in [2.24, 2.45) is 0 Å². The Balaban J connectivity index is 1.96. The van der Waals surface area contributed by atoms with Gasteiger partial charge in [0, 0.05) is 37.8 Å². The number of aliphatic hydroxyl groups excluding tert-OH is 1. The molecule has 2 heterocycles. The Bertz CT molecular complexity index is 282. The summed E-state index contributed by atoms with van der Waals surface area (Å²) < 4.78 is 0. The number of nitriles is 1. The molecule has 0 unspecified atom stereocenters. The molecule has 0 spiro atoms. The molecule has 14 heavy (non-hydrogen) atoms. The molecule has 0 bridgehead atoms. The molecule has 1 fully saturated rings. The minimum atomic E-state index is -0.257. The molecule has 0 aliphatic carbocycles. The van der Waals surface area contributed by atoms with E-state index in [-0.39, 0.29) is 12.1 Å². The summed E-state index contributed by atoms with van der Waals surface area (Å²) in [5, 5.41) is 21.5. The van der Waals surface area contributed by atoms with Crippen molar-refractivity contribution in [3.63, 3.8) is 0 Å². The SMILES string of the molecule is N#CC1=CCN([C@@H]2CNC[C@H]2O)CC1. The van der Waals surface area contributed by atoms with Crippen LogP contribution in [-0.4, -0.2) is 48.3 Å². The lowest BCUT2D eigenvalue weighted by Crippen LogP contribution is -2.45. The molecule has 2 aliphatic heterocycles. The van der Waals surface area contributed by atoms with Crippen molar-refractivity contribution < 1.29 is 5.11 Å². The van der Waals surface area contributed by atoms with E-state index < -0.39 is 0 Å². The molecule has 2 atom stereocenters. The van der Waals surface area contributed by atoms with Crippen LogP contribution in [0.4, 0.5) is 0 Å². The number of β-amino-alcohol motifs (C(OH)–C–C–N with tert-alkyl or cyclic N) is 1. The second-order valence-electron chi connectivity index (χ2n) is 3.88. The van der Waals surface area contributed by atoms with Gasteiger partial charge < -0.3 is 10.4 Å². The van der Waals surface area contributed by atoms with Gasteiger partial charge in [-0.25, -0.2) is 0 Å². The molecule has 76 valence electrons. The van der Waals surface area contributed by atoms with E-state index in [1.165, 1.54) is 0 Å². The number of aliphatic hydroxyl groups is 1. The van der Waals surface area contributed by atoms with Crippen LogP contribution in [-0.2, 0) is 0 Å². The predicted molar refractivity (Wildman–Crippen MR) is 52.6 cm³/mol. The molecule has 2 N–H and O–H groups in total. The Morgan fingerprint density at radius 2 is 2.43 bits per heavy atom. The standard InChI is InChI=1S/C10H15N3O/c11-5-8-1-3-13(4-2-8)9-6-12-7-10(9)14/h1,9-10,12,14H,2-4,6-7H2/t9-,10-/m1/s1. The fourth-order valence-electron chi connectivity index (χ4n) is 2.11. The third-order valence-corrected chi connectivity index (χ3v) is 3.00. The van der Waals surface area contributed by atoms with Gasteiger partial charge in [0.15, 0.2) is 0 Å². The monoisotopic (exact) mass is 193 g/mol. The highest BCUT2D eigenvalue weighted by atomic mass is 16.3. The van der Waals surface area contributed by atoms with Gasteiger partial charge in [0.25, 0.3) is 0 Å². The van der Waals surface area contributed by atoms with Gasteiger partial charge in [0.1, 0.15) is 0 Å². The first-order valence-corrected chi connectivity index (χ1v) is 5.03. The summed E-state index contributed by atoms with van der Waals surface area (Å²) in [4.78, 5) is 2.24. The summed E-state index contributed by atoms with van der Waals surface area (Å²) in [6, 6.07) is 2.41. The van der Waals surface area contributed by atoms with Crippen LogP contribution in [0.15, 0.2) is 11.6 Å². The normalized spacial score (nSPS) is 33.9. The van der Waals surface area contributed by atoms with Crippen molar-refractivity contribution in [1.29, 1.82) is 5.26 Å². The van der Waals surface area contributed by atoms with Crippen LogP contribution in [0.2, 0.25) is 0 Å². The molecule has 4 heteroatoms. The van der Waals surface area contributed by atoms with E-state index in [0.717, 1.165) is 31.6 Å². The molecule has 0 aromatic rings. The van der Waals surface area contributed by atoms with Gasteiger partial charge in [-0.2, -0.15) is 5.26 Å². The summed E-state index contributed by atoms with van der Waals surface area (Å²) in [6.07, 6.45) is 2.53. The third-order valence-electron chi connectivity index (χ3n) is 3.00. The smallest absolute Gasteiger partial charge is 0.0944 e. The Labute approximate surface area is 83.8 Å². The minimum Gasteiger partial charge on any atom is -0.390 e. The molecule has 0 radical (unpaired) electrons. The average Bonchev–Trinajstić information content (AvgIpc) is 2.65. The van der Waals surface area contributed by atoms with Crippen molar-refractivity contribution in [3.8, 4) is 6.07 Å². The summed E-state index contributed by atoms with van der Waals surface area (Å²) in [6.45, 7) is 3.24. The maximum atomic E-state index is 9.67. The molecule has 0 aromatic heterocycles. The van der Waals surface area contributed by atoms with Crippen LogP contribution >= 0.6 is 0 Å². The van der Waals surface area contributed by atoms with Crippen LogP contribution in [0.25, 0.3) is 0 Å². The Morgan fingerprint density at radius 1 is 1.57 bits per heavy atom. The second kappa shape index (κ2) is 4.09. The first kappa shape index (κ1) is 9.66. The molecular weight excluding hydrogens is 178 g/mol. The third kappa shape index (κ3) is 1.80. The quantitative estimate of drug-likeness (QED) is 0.588. The lowest BCUT2D eigenvalue weighted by molar-refractivity contribution is 0.0886. The molecular formula is C10H15N3O. The van der Waals surface area contributed by atoms with E-state index in [1.807, 2.05) is 6.08 Å². The highest BCUT2D eigenvalue weighted by Gasteiger charge is 2.30. The first-order valence-electron chi connectivity index (χ1n) is 5.03. The Morgan fingerprint density at radius 3 is 2.93 bits per heavy atom. The number of nitrogens with one attached hydrogen (secondary N) is 1. The lowest BCUT2D eigenvalue weighted by Gasteiger charge is -2.31. The summed E-state index contributed by atoms with van der Waals surface area (Å²) in [5.74, 6) is 0. The highest BCUT2D eigenvalue weighted by molar-refractivity contribution is 5.23. The van der Waals surface area contributed by atoms with Crippen molar-refractivity contribution >= 4 is 0 Å². The molecule has 0 aromatic carbocycles. The number of nitrogens with zero attached hydrogens (tertiary/aromatic N) is 2. The number of rotatable bonds is 1. The Hall–Kier alpha value is -0.890. The molecule has 0 amide bonds. The van der Waals surface area contributed by atoms with Gasteiger partial charge >= 0.3 is 0 Å². The zero-order valence-electron chi connectivity index (χ0n) is 8.11. The fourth-order valence-corrected chi connectivity index (χ4v) is 2.11. The van der Waals surface area contributed by atoms with Crippen LogP contribution in [0.1, 0.15) is 6.42 Å². The first-order chi connectivity index (χ1) is 6.81. The van der Waals surface area contributed by atoms with Gasteiger partial charge in [-0.05, 0) is 6.42 Å². The Kier molecular flexibility index (Phi) is 2.82. The molecule has 2 rings (SSSR count). The van der Waals surface area contributed by atoms with E-state index in [4.69, 9.17) is 5.26 Å². The maximum Gasteiger partial charge on any atom is 0.0944 e. The van der Waals surface area contributed by atoms with Gasteiger partial charge in [0.05, 0.1) is 12.2 Å². The number of hydrogen-bond donors (Lipinski definition) is 2. The van der Waals surface area contributed by atoms with Crippen LogP contribution in [0, 0.1) is 11.3 Å². The number of hydrogen-bond acceptors (Lipinski definition) is 4. The van der Waals surface area contributed by atoms with Gasteiger partial charge in [-0.1, -0.05) is 6.08 Å². The topological polar surface area (TPSA) is 59.3 Å². The van der Waals surface area contributed by atoms with Gasteiger partial charge in [0.2, 0.25) is 0 Å². The van der Waals surface area contributed by atoms with Gasteiger partial charge in [-0.15, -0.1) is 0 Å². The van der Waals surface area contributed by atoms with Crippen LogP contribution in [0.3, 0.4) is 0 Å². The van der Waals surface area contributed by atoms with E-state index >= 15 is 0 Å². The molecule has 1 saturated heterocycles. The molecule has 4 nitrogen and oxygen atoms in total. The summed E-state index contributed by atoms with van der Waals surface area (Å²) in [7, 11) is 0. The maximum absolute atomic E-state index is 9.67. The van der Waals surface area contributed by atoms with Crippen LogP contribution in [0.5, 0.6) is 0 Å². The van der Waals surface area contributed by atoms with E-state index in [9.17, 15) is 5.11 Å². The van der Waals surface area contributed by atoms with E-state index in [0.29, 0.717) is 6.54 Å². The lowest BCUT2D eigenvalue weighted by atomic mass is 10.1. The minimum absolute atomic E-state index is 0.228. The largest absolute Gasteiger partial charge is 0.390 e. The fraction of sp³-hybridized carbons (Fsp3) is 0.700.